The molecule has 6 heteroatoms. The molecule has 0 bridgehead atoms. The first-order chi connectivity index (χ1) is 11.6. The molecule has 1 aromatic rings. The molecule has 0 radical (unpaired) electrons. The number of aryl methyl sites for hydroxylation is 1. The van der Waals surface area contributed by atoms with Crippen LogP contribution in [0.15, 0.2) is 24.3 Å². The van der Waals surface area contributed by atoms with Crippen LogP contribution in [0.25, 0.3) is 5.57 Å². The number of halogens is 1. The number of hydrogen-bond donors (Lipinski definition) is 0. The van der Waals surface area contributed by atoms with Gasteiger partial charge < -0.3 is 4.90 Å². The molecule has 1 saturated heterocycles. The van der Waals surface area contributed by atoms with Crippen molar-refractivity contribution in [1.29, 1.82) is 0 Å². The smallest absolute Gasteiger partial charge is 0.247 e. The minimum Gasteiger partial charge on any atom is -0.335 e. The zero-order valence-corrected chi connectivity index (χ0v) is 16.1. The van der Waals surface area contributed by atoms with Gasteiger partial charge in [0, 0.05) is 18.7 Å². The Kier molecular flexibility index (Phi) is 6.03. The van der Waals surface area contributed by atoms with Gasteiger partial charge in [0.05, 0.1) is 11.5 Å². The van der Waals surface area contributed by atoms with Crippen LogP contribution in [0.1, 0.15) is 38.3 Å². The van der Waals surface area contributed by atoms with Crippen molar-refractivity contribution in [3.63, 3.8) is 0 Å². The lowest BCUT2D eigenvalue weighted by Gasteiger charge is -2.26. The summed E-state index contributed by atoms with van der Waals surface area (Å²) in [6, 6.07) is 4.57. The number of hydrogen-bond acceptors (Lipinski definition) is 3. The van der Waals surface area contributed by atoms with E-state index >= 15 is 0 Å². The molecule has 1 heterocycles. The van der Waals surface area contributed by atoms with Gasteiger partial charge in [-0.1, -0.05) is 19.9 Å². The van der Waals surface area contributed by atoms with Crippen LogP contribution in [0.5, 0.6) is 0 Å². The van der Waals surface area contributed by atoms with Crippen molar-refractivity contribution in [1.82, 2.24) is 4.90 Å². The SMILES string of the molecule is CCN(C(=O)/C=C(/c1ccc(F)c(C)c1)C(C)C)C1CCS(=O)(=O)C1. The van der Waals surface area contributed by atoms with E-state index < -0.39 is 9.84 Å². The molecule has 138 valence electrons. The van der Waals surface area contributed by atoms with Crippen LogP contribution in [0.2, 0.25) is 0 Å². The summed E-state index contributed by atoms with van der Waals surface area (Å²) in [7, 11) is -3.05. The summed E-state index contributed by atoms with van der Waals surface area (Å²) in [5.41, 5.74) is 2.18. The molecule has 1 amide bonds. The van der Waals surface area contributed by atoms with Crippen LogP contribution < -0.4 is 0 Å². The third-order valence-corrected chi connectivity index (χ3v) is 6.42. The average molecular weight is 367 g/mol. The van der Waals surface area contributed by atoms with Gasteiger partial charge in [0.2, 0.25) is 5.91 Å². The van der Waals surface area contributed by atoms with Crippen LogP contribution in [-0.4, -0.2) is 43.3 Å². The number of carbonyl (C=O) groups excluding carboxylic acids is 1. The van der Waals surface area contributed by atoms with Gasteiger partial charge in [-0.2, -0.15) is 0 Å². The molecule has 0 aromatic heterocycles. The number of rotatable bonds is 5. The van der Waals surface area contributed by atoms with E-state index in [0.717, 1.165) is 11.1 Å². The molecule has 0 aliphatic carbocycles. The number of allylic oxidation sites excluding steroid dienone is 1. The van der Waals surface area contributed by atoms with Crippen LogP contribution in [0, 0.1) is 18.7 Å². The second kappa shape index (κ2) is 7.68. The highest BCUT2D eigenvalue weighted by Crippen LogP contribution is 2.26. The van der Waals surface area contributed by atoms with E-state index in [0.29, 0.717) is 18.5 Å². The monoisotopic (exact) mass is 367 g/mol. The molecule has 4 nitrogen and oxygen atoms in total. The molecule has 0 saturated carbocycles. The molecular weight excluding hydrogens is 341 g/mol. The Balaban J connectivity index is 2.31. The Bertz CT molecular complexity index is 784. The zero-order valence-electron chi connectivity index (χ0n) is 15.3. The van der Waals surface area contributed by atoms with E-state index in [-0.39, 0.29) is 35.2 Å². The average Bonchev–Trinajstić information content (AvgIpc) is 2.88. The van der Waals surface area contributed by atoms with Crippen LogP contribution in [0.4, 0.5) is 4.39 Å². The fraction of sp³-hybridized carbons (Fsp3) is 0.526. The highest BCUT2D eigenvalue weighted by Gasteiger charge is 2.33. The predicted octanol–water partition coefficient (Wildman–Crippen LogP) is 3.21. The van der Waals surface area contributed by atoms with E-state index in [4.69, 9.17) is 0 Å². The number of sulfone groups is 1. The summed E-state index contributed by atoms with van der Waals surface area (Å²) in [5, 5.41) is 0. The summed E-state index contributed by atoms with van der Waals surface area (Å²) in [5.74, 6) is -0.202. The van der Waals surface area contributed by atoms with Crippen molar-refractivity contribution in [3.8, 4) is 0 Å². The standard InChI is InChI=1S/C19H26FNO3S/c1-5-21(16-8-9-25(23,24)12-16)19(22)11-17(13(2)3)15-6-7-18(20)14(4)10-15/h6-7,10-11,13,16H,5,8-9,12H2,1-4H3/b17-11+. The van der Waals surface area contributed by atoms with Gasteiger partial charge in [0.25, 0.3) is 0 Å². The van der Waals surface area contributed by atoms with Gasteiger partial charge in [-0.05, 0) is 55.0 Å². The van der Waals surface area contributed by atoms with Crippen molar-refractivity contribution in [2.75, 3.05) is 18.1 Å². The van der Waals surface area contributed by atoms with E-state index in [2.05, 4.69) is 0 Å². The lowest BCUT2D eigenvalue weighted by Crippen LogP contribution is -2.40. The first kappa shape index (κ1) is 19.6. The number of carbonyl (C=O) groups is 1. The molecule has 1 atom stereocenters. The van der Waals surface area contributed by atoms with Crippen LogP contribution >= 0.6 is 0 Å². The van der Waals surface area contributed by atoms with E-state index in [1.165, 1.54) is 6.07 Å². The lowest BCUT2D eigenvalue weighted by atomic mass is 9.93. The molecule has 1 aromatic carbocycles. The number of amides is 1. The van der Waals surface area contributed by atoms with Crippen LogP contribution in [-0.2, 0) is 14.6 Å². The van der Waals surface area contributed by atoms with Crippen molar-refractivity contribution in [2.24, 2.45) is 5.92 Å². The van der Waals surface area contributed by atoms with Gasteiger partial charge in [-0.3, -0.25) is 4.79 Å². The summed E-state index contributed by atoms with van der Waals surface area (Å²) in [6.45, 7) is 7.97. The molecule has 1 aliphatic rings. The van der Waals surface area contributed by atoms with Gasteiger partial charge in [0.15, 0.2) is 9.84 Å². The van der Waals surface area contributed by atoms with Crippen molar-refractivity contribution < 1.29 is 17.6 Å². The summed E-state index contributed by atoms with van der Waals surface area (Å²) in [4.78, 5) is 14.4. The molecule has 1 aliphatic heterocycles. The number of likely N-dealkylation sites (N-methyl/N-ethyl adjacent to an activating group) is 1. The van der Waals surface area contributed by atoms with E-state index in [9.17, 15) is 17.6 Å². The maximum atomic E-state index is 13.5. The highest BCUT2D eigenvalue weighted by atomic mass is 32.2. The predicted molar refractivity (Wildman–Crippen MR) is 98.4 cm³/mol. The van der Waals surface area contributed by atoms with E-state index in [1.54, 1.807) is 30.0 Å². The molecule has 0 N–H and O–H groups in total. The normalized spacial score (nSPS) is 20.1. The van der Waals surface area contributed by atoms with Crippen molar-refractivity contribution in [3.05, 3.63) is 41.2 Å². The Hall–Kier alpha value is -1.69. The number of benzene rings is 1. The Labute approximate surface area is 149 Å². The van der Waals surface area contributed by atoms with Gasteiger partial charge in [0.1, 0.15) is 5.82 Å². The fourth-order valence-corrected chi connectivity index (χ4v) is 4.97. The second-order valence-corrected chi connectivity index (χ2v) is 9.13. The topological polar surface area (TPSA) is 54.5 Å². The zero-order chi connectivity index (χ0) is 18.8. The maximum Gasteiger partial charge on any atom is 0.247 e. The molecule has 0 spiro atoms. The van der Waals surface area contributed by atoms with Crippen molar-refractivity contribution in [2.45, 2.75) is 40.2 Å². The molecule has 25 heavy (non-hydrogen) atoms. The van der Waals surface area contributed by atoms with Gasteiger partial charge in [-0.25, -0.2) is 12.8 Å². The molecule has 2 rings (SSSR count). The lowest BCUT2D eigenvalue weighted by molar-refractivity contribution is -0.127. The van der Waals surface area contributed by atoms with Gasteiger partial charge in [-0.15, -0.1) is 0 Å². The third-order valence-electron chi connectivity index (χ3n) is 4.67. The summed E-state index contributed by atoms with van der Waals surface area (Å²) >= 11 is 0. The van der Waals surface area contributed by atoms with Gasteiger partial charge >= 0.3 is 0 Å². The summed E-state index contributed by atoms with van der Waals surface area (Å²) in [6.07, 6.45) is 2.06. The van der Waals surface area contributed by atoms with Crippen molar-refractivity contribution >= 4 is 21.3 Å². The third kappa shape index (κ3) is 4.69. The Morgan fingerprint density at radius 2 is 2.08 bits per heavy atom. The number of nitrogens with zero attached hydrogens (tertiary/aromatic N) is 1. The van der Waals surface area contributed by atoms with Crippen LogP contribution in [0.3, 0.4) is 0 Å². The first-order valence-electron chi connectivity index (χ1n) is 8.63. The van der Waals surface area contributed by atoms with E-state index in [1.807, 2.05) is 20.8 Å². The molecule has 1 unspecified atom stereocenters. The minimum atomic E-state index is -3.05. The maximum absolute atomic E-state index is 13.5. The quantitative estimate of drug-likeness (QED) is 0.751. The summed E-state index contributed by atoms with van der Waals surface area (Å²) < 4.78 is 37.0. The second-order valence-electron chi connectivity index (χ2n) is 6.90. The Morgan fingerprint density at radius 1 is 1.40 bits per heavy atom. The molecule has 1 fully saturated rings. The largest absolute Gasteiger partial charge is 0.335 e. The Morgan fingerprint density at radius 3 is 2.56 bits per heavy atom. The minimum absolute atomic E-state index is 0.0348. The highest BCUT2D eigenvalue weighted by molar-refractivity contribution is 7.91. The first-order valence-corrected chi connectivity index (χ1v) is 10.5. The fourth-order valence-electron chi connectivity index (χ4n) is 3.24. The molecular formula is C19H26FNO3S.